The maximum Gasteiger partial charge on any atom is 0.333 e. The molecule has 0 aliphatic carbocycles. The third-order valence-corrected chi connectivity index (χ3v) is 1.92. The van der Waals surface area contributed by atoms with Crippen molar-refractivity contribution >= 4 is 16.6 Å². The summed E-state index contributed by atoms with van der Waals surface area (Å²) in [6.07, 6.45) is 1.14. The van der Waals surface area contributed by atoms with Crippen LogP contribution in [0.1, 0.15) is 6.55 Å². The highest BCUT2D eigenvalue weighted by molar-refractivity contribution is 5.80. The van der Waals surface area contributed by atoms with Crippen LogP contribution in [0, 0.1) is 10.1 Å². The maximum atomic E-state index is 12.2. The first kappa shape index (κ1) is 9.50. The molecule has 0 unspecified atom stereocenters. The summed E-state index contributed by atoms with van der Waals surface area (Å²) in [5.74, 6) is 0. The van der Waals surface area contributed by atoms with Crippen LogP contribution in [0.4, 0.5) is 14.5 Å². The van der Waals surface area contributed by atoms with Crippen LogP contribution in [0.5, 0.6) is 0 Å². The van der Waals surface area contributed by atoms with Crippen molar-refractivity contribution in [1.29, 1.82) is 0 Å². The van der Waals surface area contributed by atoms with E-state index in [9.17, 15) is 18.9 Å². The molecule has 0 bridgehead atoms. The molecule has 0 spiro atoms. The molecule has 2 aromatic rings. The molecule has 7 heteroatoms. The van der Waals surface area contributed by atoms with Crippen LogP contribution in [0.15, 0.2) is 24.4 Å². The third-order valence-electron chi connectivity index (χ3n) is 1.92. The standard InChI is InChI=1S/C8H5F2N3O2/c9-8(10)12-4-5-1-2-6(13(14)15)3-7(5)11-12/h1-4,8H. The van der Waals surface area contributed by atoms with Gasteiger partial charge in [-0.25, -0.2) is 4.68 Å². The number of hydrogen-bond donors (Lipinski definition) is 0. The normalized spacial score (nSPS) is 11.1. The van der Waals surface area contributed by atoms with Gasteiger partial charge in [0.05, 0.1) is 10.4 Å². The van der Waals surface area contributed by atoms with Gasteiger partial charge in [0.15, 0.2) is 0 Å². The number of nitrogens with zero attached hydrogens (tertiary/aromatic N) is 3. The number of alkyl halides is 2. The van der Waals surface area contributed by atoms with Gasteiger partial charge < -0.3 is 0 Å². The molecule has 0 radical (unpaired) electrons. The fourth-order valence-electron chi connectivity index (χ4n) is 1.24. The van der Waals surface area contributed by atoms with Crippen molar-refractivity contribution < 1.29 is 13.7 Å². The molecule has 5 nitrogen and oxygen atoms in total. The molecule has 0 amide bonds. The minimum absolute atomic E-state index is 0.165. The molecule has 0 N–H and O–H groups in total. The summed E-state index contributed by atoms with van der Waals surface area (Å²) >= 11 is 0. The molecule has 0 saturated carbocycles. The molecule has 1 aromatic carbocycles. The van der Waals surface area contributed by atoms with E-state index in [1.165, 1.54) is 12.1 Å². The van der Waals surface area contributed by atoms with E-state index in [4.69, 9.17) is 0 Å². The zero-order valence-electron chi connectivity index (χ0n) is 7.30. The Morgan fingerprint density at radius 1 is 1.47 bits per heavy atom. The molecule has 1 heterocycles. The first-order valence-electron chi connectivity index (χ1n) is 3.99. The van der Waals surface area contributed by atoms with Crippen LogP contribution in [0.25, 0.3) is 10.9 Å². The van der Waals surface area contributed by atoms with E-state index in [0.717, 1.165) is 12.3 Å². The van der Waals surface area contributed by atoms with E-state index in [2.05, 4.69) is 5.10 Å². The van der Waals surface area contributed by atoms with Gasteiger partial charge in [0, 0.05) is 23.7 Å². The van der Waals surface area contributed by atoms with Gasteiger partial charge in [0.25, 0.3) is 5.69 Å². The Hall–Kier alpha value is -2.05. The van der Waals surface area contributed by atoms with Crippen molar-refractivity contribution in [2.24, 2.45) is 0 Å². The fourth-order valence-corrected chi connectivity index (χ4v) is 1.24. The number of hydrogen-bond acceptors (Lipinski definition) is 3. The number of aromatic nitrogens is 2. The minimum Gasteiger partial charge on any atom is -0.258 e. The van der Waals surface area contributed by atoms with Crippen LogP contribution in [-0.2, 0) is 0 Å². The lowest BCUT2D eigenvalue weighted by Crippen LogP contribution is -1.97. The van der Waals surface area contributed by atoms with Gasteiger partial charge in [-0.1, -0.05) is 0 Å². The quantitative estimate of drug-likeness (QED) is 0.568. The fraction of sp³-hybridized carbons (Fsp3) is 0.125. The van der Waals surface area contributed by atoms with E-state index in [0.29, 0.717) is 10.1 Å². The summed E-state index contributed by atoms with van der Waals surface area (Å²) in [5, 5.41) is 14.4. The molecule has 0 saturated heterocycles. The molecule has 15 heavy (non-hydrogen) atoms. The number of nitro groups is 1. The molecule has 0 aliphatic heterocycles. The van der Waals surface area contributed by atoms with Gasteiger partial charge in [-0.2, -0.15) is 13.9 Å². The van der Waals surface area contributed by atoms with Gasteiger partial charge in [-0.15, -0.1) is 0 Å². The van der Waals surface area contributed by atoms with Crippen LogP contribution >= 0.6 is 0 Å². The number of non-ortho nitro benzene ring substituents is 1. The largest absolute Gasteiger partial charge is 0.333 e. The molecule has 78 valence electrons. The highest BCUT2D eigenvalue weighted by Gasteiger charge is 2.12. The zero-order valence-corrected chi connectivity index (χ0v) is 7.30. The zero-order chi connectivity index (χ0) is 11.0. The van der Waals surface area contributed by atoms with E-state index in [1.807, 2.05) is 0 Å². The average Bonchev–Trinajstić information content (AvgIpc) is 2.59. The van der Waals surface area contributed by atoms with Gasteiger partial charge in [0.1, 0.15) is 0 Å². The summed E-state index contributed by atoms with van der Waals surface area (Å²) in [6, 6.07) is 3.80. The topological polar surface area (TPSA) is 61.0 Å². The van der Waals surface area contributed by atoms with Gasteiger partial charge in [-0.05, 0) is 6.07 Å². The van der Waals surface area contributed by atoms with Crippen molar-refractivity contribution in [3.8, 4) is 0 Å². The van der Waals surface area contributed by atoms with Gasteiger partial charge in [0.2, 0.25) is 0 Å². The first-order chi connectivity index (χ1) is 7.08. The second kappa shape index (κ2) is 3.26. The molecule has 1 aromatic heterocycles. The Balaban J connectivity index is 2.57. The van der Waals surface area contributed by atoms with E-state index in [1.54, 1.807) is 0 Å². The second-order valence-corrected chi connectivity index (χ2v) is 2.89. The highest BCUT2D eigenvalue weighted by Crippen LogP contribution is 2.21. The van der Waals surface area contributed by atoms with Crippen molar-refractivity contribution in [3.63, 3.8) is 0 Å². The predicted molar refractivity (Wildman–Crippen MR) is 47.6 cm³/mol. The van der Waals surface area contributed by atoms with Crippen molar-refractivity contribution in [2.45, 2.75) is 6.55 Å². The van der Waals surface area contributed by atoms with E-state index >= 15 is 0 Å². The number of halogens is 2. The third kappa shape index (κ3) is 1.63. The number of nitro benzene ring substituents is 1. The SMILES string of the molecule is O=[N+]([O-])c1ccc2cn(C(F)F)nc2c1. The first-order valence-corrected chi connectivity index (χ1v) is 3.99. The summed E-state index contributed by atoms with van der Waals surface area (Å²) in [4.78, 5) is 9.81. The van der Waals surface area contributed by atoms with Crippen LogP contribution < -0.4 is 0 Å². The molecule has 0 atom stereocenters. The maximum absolute atomic E-state index is 12.2. The molecular formula is C8H5F2N3O2. The average molecular weight is 213 g/mol. The number of fused-ring (bicyclic) bond motifs is 1. The Morgan fingerprint density at radius 2 is 2.20 bits per heavy atom. The van der Waals surface area contributed by atoms with Crippen LogP contribution in [-0.4, -0.2) is 14.7 Å². The number of benzene rings is 1. The Morgan fingerprint density at radius 3 is 2.80 bits per heavy atom. The molecule has 0 fully saturated rings. The van der Waals surface area contributed by atoms with Crippen LogP contribution in [0.2, 0.25) is 0 Å². The second-order valence-electron chi connectivity index (χ2n) is 2.89. The van der Waals surface area contributed by atoms with Crippen molar-refractivity contribution in [2.75, 3.05) is 0 Å². The lowest BCUT2D eigenvalue weighted by molar-refractivity contribution is -0.384. The van der Waals surface area contributed by atoms with E-state index < -0.39 is 11.5 Å². The molecular weight excluding hydrogens is 208 g/mol. The van der Waals surface area contributed by atoms with E-state index in [-0.39, 0.29) is 11.2 Å². The van der Waals surface area contributed by atoms with Crippen molar-refractivity contribution in [1.82, 2.24) is 9.78 Å². The summed E-state index contributed by atoms with van der Waals surface area (Å²) in [5.41, 5.74) is 0.0199. The lowest BCUT2D eigenvalue weighted by Gasteiger charge is -1.94. The van der Waals surface area contributed by atoms with Gasteiger partial charge in [-0.3, -0.25) is 10.1 Å². The Kier molecular flexibility index (Phi) is 2.07. The summed E-state index contributed by atoms with van der Waals surface area (Å²) in [7, 11) is 0. The van der Waals surface area contributed by atoms with Crippen molar-refractivity contribution in [3.05, 3.63) is 34.5 Å². The summed E-state index contributed by atoms with van der Waals surface area (Å²) in [6.45, 7) is -2.74. The minimum atomic E-state index is -2.74. The van der Waals surface area contributed by atoms with Crippen LogP contribution in [0.3, 0.4) is 0 Å². The predicted octanol–water partition coefficient (Wildman–Crippen LogP) is 2.34. The molecule has 2 rings (SSSR count). The summed E-state index contributed by atoms with van der Waals surface area (Å²) < 4.78 is 24.9. The number of rotatable bonds is 2. The highest BCUT2D eigenvalue weighted by atomic mass is 19.3. The lowest BCUT2D eigenvalue weighted by atomic mass is 10.2. The Bertz CT molecular complexity index is 524. The van der Waals surface area contributed by atoms with Gasteiger partial charge >= 0.3 is 6.55 Å². The molecule has 0 aliphatic rings. The monoisotopic (exact) mass is 213 g/mol. The smallest absolute Gasteiger partial charge is 0.258 e. The Labute approximate surface area is 82.1 Å².